The fourth-order valence-corrected chi connectivity index (χ4v) is 1.51. The first-order chi connectivity index (χ1) is 7.21. The molecular weight excluding hydrogens is 227 g/mol. The van der Waals surface area contributed by atoms with Crippen molar-refractivity contribution in [3.05, 3.63) is 71.8 Å². The van der Waals surface area contributed by atoms with Crippen LogP contribution >= 0.6 is 0 Å². The Labute approximate surface area is 137 Å². The van der Waals surface area contributed by atoms with E-state index in [0.29, 0.717) is 11.1 Å². The van der Waals surface area contributed by atoms with Crippen molar-refractivity contribution in [3.63, 3.8) is 0 Å². The number of aliphatic hydroxyl groups is 2. The van der Waals surface area contributed by atoms with Gasteiger partial charge in [0.2, 0.25) is 5.79 Å². The van der Waals surface area contributed by atoms with Gasteiger partial charge >= 0.3 is 51.4 Å². The summed E-state index contributed by atoms with van der Waals surface area (Å²) < 4.78 is 0. The molecule has 0 spiro atoms. The van der Waals surface area contributed by atoms with Crippen molar-refractivity contribution in [2.24, 2.45) is 0 Å². The molecule has 0 amide bonds. The van der Waals surface area contributed by atoms with E-state index in [-0.39, 0.29) is 51.4 Å². The van der Waals surface area contributed by atoms with Crippen LogP contribution in [0.25, 0.3) is 0 Å². The van der Waals surface area contributed by atoms with Gasteiger partial charge in [0.05, 0.1) is 0 Å². The maximum absolute atomic E-state index is 10.0. The molecular formula is C13H13KO2. The van der Waals surface area contributed by atoms with E-state index in [0.717, 1.165) is 0 Å². The molecule has 0 saturated heterocycles. The molecule has 0 radical (unpaired) electrons. The normalized spacial score (nSPS) is 10.6. The molecule has 2 aromatic carbocycles. The summed E-state index contributed by atoms with van der Waals surface area (Å²) in [5, 5.41) is 20.0. The van der Waals surface area contributed by atoms with Crippen molar-refractivity contribution in [3.8, 4) is 0 Å². The Hall–Kier alpha value is -0.00364. The minimum atomic E-state index is -1.91. The number of hydrogen-bond acceptors (Lipinski definition) is 2. The van der Waals surface area contributed by atoms with Crippen LogP contribution in [0.5, 0.6) is 0 Å². The molecule has 2 N–H and O–H groups in total. The average Bonchev–Trinajstić information content (AvgIpc) is 2.31. The third-order valence-electron chi connectivity index (χ3n) is 2.35. The number of hydrogen-bond donors (Lipinski definition) is 2. The van der Waals surface area contributed by atoms with Gasteiger partial charge < -0.3 is 10.2 Å². The molecule has 0 aliphatic carbocycles. The first kappa shape index (κ1) is 14.1. The van der Waals surface area contributed by atoms with E-state index >= 15 is 0 Å². The Kier molecular flexibility index (Phi) is 5.34. The second-order valence-corrected chi connectivity index (χ2v) is 3.40. The van der Waals surface area contributed by atoms with E-state index in [2.05, 4.69) is 0 Å². The third kappa shape index (κ3) is 3.02. The molecule has 78 valence electrons. The Morgan fingerprint density at radius 2 is 0.938 bits per heavy atom. The Bertz CT molecular complexity index is 385. The second kappa shape index (κ2) is 6.07. The van der Waals surface area contributed by atoms with Gasteiger partial charge in [0.25, 0.3) is 0 Å². The van der Waals surface area contributed by atoms with Crippen LogP contribution in [0.2, 0.25) is 0 Å². The summed E-state index contributed by atoms with van der Waals surface area (Å²) in [5.74, 6) is -1.91. The Balaban J connectivity index is 0.00000128. The van der Waals surface area contributed by atoms with E-state index in [9.17, 15) is 10.2 Å². The summed E-state index contributed by atoms with van der Waals surface area (Å²) in [7, 11) is 0. The van der Waals surface area contributed by atoms with Gasteiger partial charge in [-0.15, -0.1) is 0 Å². The van der Waals surface area contributed by atoms with Gasteiger partial charge in [0.1, 0.15) is 0 Å². The van der Waals surface area contributed by atoms with E-state index in [1.807, 2.05) is 12.1 Å². The van der Waals surface area contributed by atoms with Crippen LogP contribution in [-0.2, 0) is 5.79 Å². The SMILES string of the molecule is OC(O)(c1ccccc1)c1ccccc1.[KH]. The minimum absolute atomic E-state index is 0. The molecule has 0 heterocycles. The molecule has 0 bridgehead atoms. The van der Waals surface area contributed by atoms with Crippen LogP contribution in [-0.4, -0.2) is 61.6 Å². The number of benzene rings is 2. The number of rotatable bonds is 2. The van der Waals surface area contributed by atoms with Gasteiger partial charge in [0.15, 0.2) is 0 Å². The van der Waals surface area contributed by atoms with Gasteiger partial charge in [-0.05, 0) is 0 Å². The van der Waals surface area contributed by atoms with Crippen molar-refractivity contribution in [1.29, 1.82) is 0 Å². The summed E-state index contributed by atoms with van der Waals surface area (Å²) >= 11 is 0. The molecule has 2 rings (SSSR count). The molecule has 0 atom stereocenters. The third-order valence-corrected chi connectivity index (χ3v) is 2.35. The molecule has 2 aromatic rings. The van der Waals surface area contributed by atoms with E-state index in [4.69, 9.17) is 0 Å². The van der Waals surface area contributed by atoms with Gasteiger partial charge in [-0.25, -0.2) is 0 Å². The summed E-state index contributed by atoms with van der Waals surface area (Å²) in [4.78, 5) is 0. The predicted octanol–water partition coefficient (Wildman–Crippen LogP) is 1.22. The fourth-order valence-electron chi connectivity index (χ4n) is 1.51. The quantitative estimate of drug-likeness (QED) is 0.612. The van der Waals surface area contributed by atoms with Gasteiger partial charge in [0, 0.05) is 11.1 Å². The van der Waals surface area contributed by atoms with Crippen molar-refractivity contribution in [2.45, 2.75) is 5.79 Å². The van der Waals surface area contributed by atoms with Crippen LogP contribution in [0.1, 0.15) is 11.1 Å². The van der Waals surface area contributed by atoms with Crippen LogP contribution < -0.4 is 0 Å². The Morgan fingerprint density at radius 1 is 0.625 bits per heavy atom. The zero-order chi connectivity index (χ0) is 10.7. The summed E-state index contributed by atoms with van der Waals surface area (Å²) in [5.41, 5.74) is 0.937. The van der Waals surface area contributed by atoms with Gasteiger partial charge in [-0.2, -0.15) is 0 Å². The zero-order valence-corrected chi connectivity index (χ0v) is 8.17. The van der Waals surface area contributed by atoms with E-state index < -0.39 is 5.79 Å². The Morgan fingerprint density at radius 3 is 1.25 bits per heavy atom. The molecule has 3 heteroatoms. The first-order valence-electron chi connectivity index (χ1n) is 4.77. The standard InChI is InChI=1S/C13H12O2.K.H/c14-13(15,11-7-3-1-4-8-11)12-9-5-2-6-10-12;;/h1-10,14-15H;;. The molecule has 16 heavy (non-hydrogen) atoms. The molecule has 0 aromatic heterocycles. The van der Waals surface area contributed by atoms with Crippen LogP contribution in [0.4, 0.5) is 0 Å². The van der Waals surface area contributed by atoms with Crippen molar-refractivity contribution < 1.29 is 10.2 Å². The van der Waals surface area contributed by atoms with E-state index in [1.165, 1.54) is 0 Å². The summed E-state index contributed by atoms with van der Waals surface area (Å²) in [6.45, 7) is 0. The summed E-state index contributed by atoms with van der Waals surface area (Å²) in [6.07, 6.45) is 0. The van der Waals surface area contributed by atoms with Crippen LogP contribution in [0.3, 0.4) is 0 Å². The molecule has 0 aliphatic rings. The summed E-state index contributed by atoms with van der Waals surface area (Å²) in [6, 6.07) is 17.5. The predicted molar refractivity (Wildman–Crippen MR) is 65.3 cm³/mol. The second-order valence-electron chi connectivity index (χ2n) is 3.40. The monoisotopic (exact) mass is 240 g/mol. The fraction of sp³-hybridized carbons (Fsp3) is 0.0769. The average molecular weight is 240 g/mol. The van der Waals surface area contributed by atoms with E-state index in [1.54, 1.807) is 48.5 Å². The van der Waals surface area contributed by atoms with Crippen molar-refractivity contribution in [2.75, 3.05) is 0 Å². The van der Waals surface area contributed by atoms with Crippen molar-refractivity contribution in [1.82, 2.24) is 0 Å². The maximum atomic E-state index is 10.0. The topological polar surface area (TPSA) is 40.5 Å². The first-order valence-corrected chi connectivity index (χ1v) is 4.77. The molecule has 0 fully saturated rings. The van der Waals surface area contributed by atoms with Crippen LogP contribution in [0.15, 0.2) is 60.7 Å². The molecule has 0 aliphatic heterocycles. The van der Waals surface area contributed by atoms with Crippen molar-refractivity contribution >= 4 is 51.4 Å². The van der Waals surface area contributed by atoms with Gasteiger partial charge in [-0.3, -0.25) is 0 Å². The van der Waals surface area contributed by atoms with Gasteiger partial charge in [-0.1, -0.05) is 60.7 Å². The van der Waals surface area contributed by atoms with Crippen LogP contribution in [0, 0.1) is 0 Å². The molecule has 2 nitrogen and oxygen atoms in total. The molecule has 0 unspecified atom stereocenters. The zero-order valence-electron chi connectivity index (χ0n) is 8.17. The molecule has 0 saturated carbocycles.